The summed E-state index contributed by atoms with van der Waals surface area (Å²) in [5.41, 5.74) is 4.96. The second-order valence-electron chi connectivity index (χ2n) is 8.17. The Bertz CT molecular complexity index is 924. The van der Waals surface area contributed by atoms with Crippen molar-refractivity contribution in [2.75, 3.05) is 58.3 Å². The summed E-state index contributed by atoms with van der Waals surface area (Å²) in [5.74, 6) is 1.82. The lowest BCUT2D eigenvalue weighted by Crippen LogP contribution is -2.45. The molecule has 4 rings (SSSR count). The van der Waals surface area contributed by atoms with Crippen molar-refractivity contribution in [1.82, 2.24) is 15.5 Å². The number of aliphatic imine (C=N–C) groups is 1. The fourth-order valence-corrected chi connectivity index (χ4v) is 4.42. The summed E-state index contributed by atoms with van der Waals surface area (Å²) in [6, 6.07) is 12.7. The Kier molecular flexibility index (Phi) is 7.20. The van der Waals surface area contributed by atoms with Gasteiger partial charge in [-0.05, 0) is 42.8 Å². The first-order valence-electron chi connectivity index (χ1n) is 11.0. The van der Waals surface area contributed by atoms with Crippen LogP contribution < -0.4 is 20.3 Å². The van der Waals surface area contributed by atoms with Gasteiger partial charge in [-0.15, -0.1) is 0 Å². The van der Waals surface area contributed by atoms with Crippen molar-refractivity contribution in [2.24, 2.45) is 4.99 Å². The summed E-state index contributed by atoms with van der Waals surface area (Å²) in [7, 11) is 3.97. The van der Waals surface area contributed by atoms with Crippen LogP contribution in [0.15, 0.2) is 41.4 Å². The van der Waals surface area contributed by atoms with Crippen LogP contribution >= 0.6 is 11.6 Å². The van der Waals surface area contributed by atoms with Gasteiger partial charge in [0.25, 0.3) is 0 Å². The van der Waals surface area contributed by atoms with E-state index in [1.807, 2.05) is 12.1 Å². The van der Waals surface area contributed by atoms with Gasteiger partial charge in [-0.2, -0.15) is 0 Å². The predicted molar refractivity (Wildman–Crippen MR) is 129 cm³/mol. The van der Waals surface area contributed by atoms with Crippen LogP contribution in [0.4, 0.5) is 5.69 Å². The molecule has 6 nitrogen and oxygen atoms in total. The first kappa shape index (κ1) is 21.8. The average molecular weight is 442 g/mol. The number of fused-ring (bicyclic) bond motifs is 1. The Hall–Kier alpha value is -2.44. The molecular weight excluding hydrogens is 410 g/mol. The molecule has 0 radical (unpaired) electrons. The molecule has 0 aromatic heterocycles. The third kappa shape index (κ3) is 5.43. The van der Waals surface area contributed by atoms with Gasteiger partial charge in [-0.1, -0.05) is 29.8 Å². The number of hydrogen-bond donors (Lipinski definition) is 2. The van der Waals surface area contributed by atoms with E-state index in [4.69, 9.17) is 16.3 Å². The molecule has 0 atom stereocenters. The van der Waals surface area contributed by atoms with Gasteiger partial charge in [-0.25, -0.2) is 0 Å². The number of halogens is 1. The van der Waals surface area contributed by atoms with Crippen molar-refractivity contribution in [1.29, 1.82) is 0 Å². The first-order chi connectivity index (χ1) is 15.1. The smallest absolute Gasteiger partial charge is 0.191 e. The highest BCUT2D eigenvalue weighted by atomic mass is 35.5. The lowest BCUT2D eigenvalue weighted by atomic mass is 10.1. The number of nitrogens with zero attached hydrogens (tertiary/aromatic N) is 3. The molecule has 31 heavy (non-hydrogen) atoms. The van der Waals surface area contributed by atoms with Crippen LogP contribution in [0, 0.1) is 0 Å². The van der Waals surface area contributed by atoms with Crippen LogP contribution in [0.2, 0.25) is 5.02 Å². The van der Waals surface area contributed by atoms with Gasteiger partial charge in [-0.3, -0.25) is 4.99 Å². The minimum absolute atomic E-state index is 0.636. The number of hydrogen-bond acceptors (Lipinski definition) is 4. The van der Waals surface area contributed by atoms with Gasteiger partial charge in [0.2, 0.25) is 0 Å². The molecule has 7 heteroatoms. The zero-order valence-corrected chi connectivity index (χ0v) is 19.2. The number of rotatable bonds is 6. The second-order valence-corrected chi connectivity index (χ2v) is 8.58. The lowest BCUT2D eigenvalue weighted by Gasteiger charge is -2.35. The molecule has 2 aliphatic heterocycles. The molecule has 1 fully saturated rings. The van der Waals surface area contributed by atoms with E-state index in [1.54, 1.807) is 7.05 Å². The highest BCUT2D eigenvalue weighted by Crippen LogP contribution is 2.28. The topological polar surface area (TPSA) is 52.1 Å². The number of piperazine rings is 1. The fraction of sp³-hybridized carbons (Fsp3) is 0.458. The van der Waals surface area contributed by atoms with Crippen LogP contribution in [-0.2, 0) is 19.4 Å². The monoisotopic (exact) mass is 441 g/mol. The van der Waals surface area contributed by atoms with E-state index in [2.05, 4.69) is 56.7 Å². The highest BCUT2D eigenvalue weighted by molar-refractivity contribution is 6.31. The summed E-state index contributed by atoms with van der Waals surface area (Å²) >= 11 is 6.59. The Morgan fingerprint density at radius 3 is 2.77 bits per heavy atom. The Morgan fingerprint density at radius 1 is 1.13 bits per heavy atom. The summed E-state index contributed by atoms with van der Waals surface area (Å²) in [5, 5.41) is 7.66. The minimum Gasteiger partial charge on any atom is -0.493 e. The van der Waals surface area contributed by atoms with Gasteiger partial charge >= 0.3 is 0 Å². The SMILES string of the molecule is CN=C(NCCc1ccc2c(c1)CCO2)NCc1c(Cl)cccc1N1CCN(C)CC1. The second kappa shape index (κ2) is 10.2. The molecule has 1 saturated heterocycles. The van der Waals surface area contributed by atoms with Gasteiger partial charge in [0.1, 0.15) is 5.75 Å². The molecule has 2 N–H and O–H groups in total. The van der Waals surface area contributed by atoms with E-state index in [0.29, 0.717) is 6.54 Å². The molecule has 0 unspecified atom stereocenters. The average Bonchev–Trinajstić information content (AvgIpc) is 3.25. The van der Waals surface area contributed by atoms with Crippen LogP contribution in [-0.4, -0.2) is 64.3 Å². The quantitative estimate of drug-likeness (QED) is 0.533. The van der Waals surface area contributed by atoms with Crippen LogP contribution in [0.3, 0.4) is 0 Å². The maximum atomic E-state index is 6.59. The van der Waals surface area contributed by atoms with E-state index in [0.717, 1.165) is 74.5 Å². The molecule has 0 aliphatic carbocycles. The van der Waals surface area contributed by atoms with Crippen molar-refractivity contribution in [3.8, 4) is 5.75 Å². The number of benzene rings is 2. The summed E-state index contributed by atoms with van der Waals surface area (Å²) in [6.45, 7) is 6.41. The maximum Gasteiger partial charge on any atom is 0.191 e. The molecule has 2 aliphatic rings. The van der Waals surface area contributed by atoms with Crippen molar-refractivity contribution >= 4 is 23.2 Å². The molecule has 0 spiro atoms. The number of ether oxygens (including phenoxy) is 1. The van der Waals surface area contributed by atoms with Crippen molar-refractivity contribution < 1.29 is 4.74 Å². The normalized spacial score (nSPS) is 16.7. The third-order valence-corrected chi connectivity index (χ3v) is 6.41. The largest absolute Gasteiger partial charge is 0.493 e. The van der Waals surface area contributed by atoms with Gasteiger partial charge in [0, 0.05) is 69.0 Å². The molecular formula is C24H32ClN5O. The number of nitrogens with one attached hydrogen (secondary N) is 2. The van der Waals surface area contributed by atoms with Crippen molar-refractivity contribution in [2.45, 2.75) is 19.4 Å². The van der Waals surface area contributed by atoms with Gasteiger partial charge in [0.15, 0.2) is 5.96 Å². The van der Waals surface area contributed by atoms with Crippen molar-refractivity contribution in [3.63, 3.8) is 0 Å². The molecule has 0 saturated carbocycles. The maximum absolute atomic E-state index is 6.59. The zero-order valence-electron chi connectivity index (χ0n) is 18.5. The van der Waals surface area contributed by atoms with Crippen molar-refractivity contribution in [3.05, 3.63) is 58.1 Å². The number of likely N-dealkylation sites (N-methyl/N-ethyl adjacent to an activating group) is 1. The Morgan fingerprint density at radius 2 is 1.97 bits per heavy atom. The Balaban J connectivity index is 1.32. The molecule has 2 aromatic carbocycles. The zero-order chi connectivity index (χ0) is 21.6. The Labute approximate surface area is 190 Å². The van der Waals surface area contributed by atoms with Crippen LogP contribution in [0.5, 0.6) is 5.75 Å². The van der Waals surface area contributed by atoms with Crippen LogP contribution in [0.1, 0.15) is 16.7 Å². The van der Waals surface area contributed by atoms with E-state index in [1.165, 1.54) is 16.8 Å². The molecule has 166 valence electrons. The van der Waals surface area contributed by atoms with E-state index in [-0.39, 0.29) is 0 Å². The third-order valence-electron chi connectivity index (χ3n) is 6.05. The lowest BCUT2D eigenvalue weighted by molar-refractivity contribution is 0.312. The molecule has 2 heterocycles. The minimum atomic E-state index is 0.636. The summed E-state index contributed by atoms with van der Waals surface area (Å²) < 4.78 is 5.59. The van der Waals surface area contributed by atoms with Gasteiger partial charge < -0.3 is 25.2 Å². The number of anilines is 1. The number of guanidine groups is 1. The van der Waals surface area contributed by atoms with E-state index < -0.39 is 0 Å². The molecule has 0 amide bonds. The van der Waals surface area contributed by atoms with E-state index >= 15 is 0 Å². The molecule has 2 aromatic rings. The standard InChI is InChI=1S/C24H32ClN5O/c1-26-24(27-10-8-18-6-7-23-19(16-18)9-15-31-23)28-17-20-21(25)4-3-5-22(20)30-13-11-29(2)12-14-30/h3-7,16H,8-15,17H2,1-2H3,(H2,26,27,28). The van der Waals surface area contributed by atoms with E-state index in [9.17, 15) is 0 Å². The molecule has 0 bridgehead atoms. The first-order valence-corrected chi connectivity index (χ1v) is 11.4. The van der Waals surface area contributed by atoms with Gasteiger partial charge in [0.05, 0.1) is 6.61 Å². The summed E-state index contributed by atoms with van der Waals surface area (Å²) in [4.78, 5) is 9.17. The highest BCUT2D eigenvalue weighted by Gasteiger charge is 2.18. The fourth-order valence-electron chi connectivity index (χ4n) is 4.18. The van der Waals surface area contributed by atoms with Crippen LogP contribution in [0.25, 0.3) is 0 Å². The summed E-state index contributed by atoms with van der Waals surface area (Å²) in [6.07, 6.45) is 1.94. The predicted octanol–water partition coefficient (Wildman–Crippen LogP) is 2.93.